The number of nitrogens with one attached hydrogen (secondary N) is 3. The summed E-state index contributed by atoms with van der Waals surface area (Å²) in [6, 6.07) is 14.2. The van der Waals surface area contributed by atoms with Gasteiger partial charge in [-0.25, -0.2) is 4.39 Å². The van der Waals surface area contributed by atoms with Gasteiger partial charge in [0.15, 0.2) is 0 Å². The third-order valence-corrected chi connectivity index (χ3v) is 5.62. The van der Waals surface area contributed by atoms with E-state index in [0.717, 1.165) is 6.07 Å². The van der Waals surface area contributed by atoms with E-state index in [2.05, 4.69) is 16.0 Å². The maximum absolute atomic E-state index is 13.3. The molecule has 3 aromatic carbocycles. The molecular formula is C26H24F4N4O4. The van der Waals surface area contributed by atoms with E-state index in [1.807, 2.05) is 0 Å². The molecule has 0 radical (unpaired) electrons. The molecule has 5 N–H and O–H groups in total. The molecule has 2 amide bonds. The average Bonchev–Trinajstić information content (AvgIpc) is 3.28. The molecule has 1 unspecified atom stereocenters. The van der Waals surface area contributed by atoms with Crippen LogP contribution in [0.1, 0.15) is 11.1 Å². The molecule has 200 valence electrons. The van der Waals surface area contributed by atoms with Gasteiger partial charge in [-0.1, -0.05) is 0 Å². The number of nitrogens with two attached hydrogens (primary N) is 1. The molecule has 0 saturated heterocycles. The summed E-state index contributed by atoms with van der Waals surface area (Å²) in [6.07, 6.45) is -4.53. The number of hydrogen-bond acceptors (Lipinski definition) is 6. The number of carbonyl (C=O) groups excluding carboxylic acids is 2. The Morgan fingerprint density at radius 2 is 1.68 bits per heavy atom. The number of carbonyl (C=O) groups is 2. The van der Waals surface area contributed by atoms with Crippen LogP contribution in [-0.4, -0.2) is 37.6 Å². The van der Waals surface area contributed by atoms with Gasteiger partial charge >= 0.3 is 18.0 Å². The first-order valence-corrected chi connectivity index (χ1v) is 11.6. The van der Waals surface area contributed by atoms with E-state index in [1.165, 1.54) is 30.3 Å². The zero-order valence-corrected chi connectivity index (χ0v) is 19.9. The molecule has 0 saturated carbocycles. The molecule has 0 aliphatic carbocycles. The van der Waals surface area contributed by atoms with Crippen LogP contribution in [0.3, 0.4) is 0 Å². The molecule has 3 aromatic rings. The van der Waals surface area contributed by atoms with Crippen molar-refractivity contribution in [1.82, 2.24) is 10.6 Å². The van der Waals surface area contributed by atoms with Crippen LogP contribution in [0.5, 0.6) is 11.5 Å². The number of ether oxygens (including phenoxy) is 2. The molecular weight excluding hydrogens is 508 g/mol. The van der Waals surface area contributed by atoms with Crippen LogP contribution in [-0.2, 0) is 22.2 Å². The van der Waals surface area contributed by atoms with Gasteiger partial charge in [-0.2, -0.15) is 13.2 Å². The van der Waals surface area contributed by atoms with Crippen molar-refractivity contribution in [1.29, 1.82) is 0 Å². The highest BCUT2D eigenvalue weighted by atomic mass is 19.4. The fourth-order valence-corrected chi connectivity index (χ4v) is 3.78. The van der Waals surface area contributed by atoms with Gasteiger partial charge in [0, 0.05) is 29.0 Å². The lowest BCUT2D eigenvalue weighted by molar-refractivity contribution is -0.139. The minimum atomic E-state index is -4.56. The predicted octanol–water partition coefficient (Wildman–Crippen LogP) is 3.79. The summed E-state index contributed by atoms with van der Waals surface area (Å²) < 4.78 is 63.5. The van der Waals surface area contributed by atoms with Crippen molar-refractivity contribution in [3.63, 3.8) is 0 Å². The van der Waals surface area contributed by atoms with Crippen LogP contribution in [0.25, 0.3) is 0 Å². The molecule has 1 atom stereocenters. The van der Waals surface area contributed by atoms with E-state index in [1.54, 1.807) is 24.3 Å². The number of hydrogen-bond donors (Lipinski definition) is 4. The minimum Gasteiger partial charge on any atom is -0.492 e. The molecule has 4 rings (SSSR count). The Kier molecular flexibility index (Phi) is 7.89. The highest BCUT2D eigenvalue weighted by Gasteiger charge is 2.33. The second-order valence-corrected chi connectivity index (χ2v) is 8.46. The van der Waals surface area contributed by atoms with Crippen LogP contribution in [0.2, 0.25) is 0 Å². The summed E-state index contributed by atoms with van der Waals surface area (Å²) >= 11 is 0. The Morgan fingerprint density at radius 1 is 0.974 bits per heavy atom. The third kappa shape index (κ3) is 6.84. The SMILES string of the molecule is Nc1ccc(Nc2ccc(OCCNC(=O)C(=O)NCC3Cc4cc(F)ccc4O3)cc2)cc1C(F)(F)F. The van der Waals surface area contributed by atoms with E-state index in [-0.39, 0.29) is 36.9 Å². The van der Waals surface area contributed by atoms with Crippen molar-refractivity contribution in [2.45, 2.75) is 18.7 Å². The molecule has 0 bridgehead atoms. The van der Waals surface area contributed by atoms with E-state index in [4.69, 9.17) is 15.2 Å². The van der Waals surface area contributed by atoms with Crippen molar-refractivity contribution in [2.24, 2.45) is 0 Å². The molecule has 1 aliphatic rings. The molecule has 1 aliphatic heterocycles. The van der Waals surface area contributed by atoms with Gasteiger partial charge in [0.25, 0.3) is 0 Å². The van der Waals surface area contributed by atoms with Crippen LogP contribution in [0.15, 0.2) is 60.7 Å². The maximum atomic E-state index is 13.3. The van der Waals surface area contributed by atoms with E-state index >= 15 is 0 Å². The molecule has 8 nitrogen and oxygen atoms in total. The second kappa shape index (κ2) is 11.3. The Labute approximate surface area is 215 Å². The number of fused-ring (bicyclic) bond motifs is 1. The Bertz CT molecular complexity index is 1320. The molecule has 38 heavy (non-hydrogen) atoms. The fourth-order valence-electron chi connectivity index (χ4n) is 3.78. The van der Waals surface area contributed by atoms with Gasteiger partial charge < -0.3 is 31.2 Å². The first-order chi connectivity index (χ1) is 18.1. The monoisotopic (exact) mass is 532 g/mol. The summed E-state index contributed by atoms with van der Waals surface area (Å²) in [5.74, 6) is -1.03. The lowest BCUT2D eigenvalue weighted by atomic mass is 10.1. The smallest absolute Gasteiger partial charge is 0.418 e. The fraction of sp³-hybridized carbons (Fsp3) is 0.231. The third-order valence-electron chi connectivity index (χ3n) is 5.62. The normalized spacial score (nSPS) is 14.3. The lowest BCUT2D eigenvalue weighted by Gasteiger charge is -2.13. The van der Waals surface area contributed by atoms with Crippen molar-refractivity contribution in [3.8, 4) is 11.5 Å². The van der Waals surface area contributed by atoms with Crippen LogP contribution >= 0.6 is 0 Å². The Hall–Kier alpha value is -4.48. The standard InChI is InChI=1S/C26H24F4N4O4/c27-16-1-8-23-15(11-16)12-20(38-23)14-33-25(36)24(35)32-9-10-37-19-5-2-17(3-6-19)34-18-4-7-22(31)21(13-18)26(28,29)30/h1-8,11,13,20,34H,9-10,12,14,31H2,(H,32,35)(H,33,36). The minimum absolute atomic E-state index is 0.0581. The van der Waals surface area contributed by atoms with E-state index in [0.29, 0.717) is 29.2 Å². The number of anilines is 3. The van der Waals surface area contributed by atoms with Crippen molar-refractivity contribution >= 4 is 28.9 Å². The van der Waals surface area contributed by atoms with Crippen LogP contribution < -0.4 is 31.2 Å². The summed E-state index contributed by atoms with van der Waals surface area (Å²) in [5, 5.41) is 7.79. The number of halogens is 4. The predicted molar refractivity (Wildman–Crippen MR) is 132 cm³/mol. The zero-order chi connectivity index (χ0) is 27.3. The van der Waals surface area contributed by atoms with Crippen LogP contribution in [0, 0.1) is 5.82 Å². The number of alkyl halides is 3. The second-order valence-electron chi connectivity index (χ2n) is 8.46. The van der Waals surface area contributed by atoms with E-state index < -0.39 is 29.7 Å². The largest absolute Gasteiger partial charge is 0.492 e. The summed E-state index contributed by atoms with van der Waals surface area (Å²) in [5.41, 5.74) is 5.58. The highest BCUT2D eigenvalue weighted by Crippen LogP contribution is 2.36. The van der Waals surface area contributed by atoms with Crippen molar-refractivity contribution in [3.05, 3.63) is 77.6 Å². The molecule has 12 heteroatoms. The van der Waals surface area contributed by atoms with Gasteiger partial charge in [0.1, 0.15) is 30.0 Å². The van der Waals surface area contributed by atoms with E-state index in [9.17, 15) is 27.2 Å². The number of amides is 2. The molecule has 0 fully saturated rings. The molecule has 0 aromatic heterocycles. The Morgan fingerprint density at radius 3 is 2.42 bits per heavy atom. The molecule has 1 heterocycles. The molecule has 0 spiro atoms. The summed E-state index contributed by atoms with van der Waals surface area (Å²) in [4.78, 5) is 24.0. The zero-order valence-electron chi connectivity index (χ0n) is 19.9. The van der Waals surface area contributed by atoms with Crippen LogP contribution in [0.4, 0.5) is 34.6 Å². The topological polar surface area (TPSA) is 115 Å². The highest BCUT2D eigenvalue weighted by molar-refractivity contribution is 6.35. The van der Waals surface area contributed by atoms with Crippen molar-refractivity contribution in [2.75, 3.05) is 30.7 Å². The van der Waals surface area contributed by atoms with Gasteiger partial charge in [-0.3, -0.25) is 9.59 Å². The van der Waals surface area contributed by atoms with Gasteiger partial charge in [0.2, 0.25) is 0 Å². The lowest BCUT2D eigenvalue weighted by Crippen LogP contribution is -2.44. The quantitative estimate of drug-likeness (QED) is 0.152. The maximum Gasteiger partial charge on any atom is 0.418 e. The number of benzene rings is 3. The average molecular weight is 532 g/mol. The summed E-state index contributed by atoms with van der Waals surface area (Å²) in [7, 11) is 0. The number of rotatable bonds is 8. The number of nitrogen functional groups attached to an aromatic ring is 1. The van der Waals surface area contributed by atoms with Gasteiger partial charge in [-0.15, -0.1) is 0 Å². The van der Waals surface area contributed by atoms with Gasteiger partial charge in [-0.05, 0) is 60.7 Å². The summed E-state index contributed by atoms with van der Waals surface area (Å²) in [6.45, 7) is 0.223. The van der Waals surface area contributed by atoms with Crippen molar-refractivity contribution < 1.29 is 36.6 Å². The Balaban J connectivity index is 1.16. The first-order valence-electron chi connectivity index (χ1n) is 11.6. The first kappa shape index (κ1) is 26.6. The van der Waals surface area contributed by atoms with Gasteiger partial charge in [0.05, 0.1) is 18.7 Å².